The molecule has 0 unspecified atom stereocenters. The van der Waals surface area contributed by atoms with E-state index in [2.05, 4.69) is 41.2 Å². The summed E-state index contributed by atoms with van der Waals surface area (Å²) in [4.78, 5) is 27.9. The van der Waals surface area contributed by atoms with E-state index in [9.17, 15) is 18.0 Å². The SMILES string of the molecule is CCc1ncc(C(=O)Nc2ccc([C@H]3O[C@@H]4CN[C@H]3C4)cc2)cn1.FC(F)(F)c1cnc(Nc2ccc([C@@H]3O[C@H]4CN[C@@H]3C4)cc2)nc1. The molecule has 4 fully saturated rings. The first kappa shape index (κ1) is 32.1. The molecule has 48 heavy (non-hydrogen) atoms. The zero-order valence-electron chi connectivity index (χ0n) is 26.1. The molecule has 250 valence electrons. The summed E-state index contributed by atoms with van der Waals surface area (Å²) < 4.78 is 49.4. The number of aromatic nitrogens is 4. The average molecular weight is 661 g/mol. The smallest absolute Gasteiger partial charge is 0.367 e. The number of hydrogen-bond donors (Lipinski definition) is 4. The van der Waals surface area contributed by atoms with Crippen molar-refractivity contribution >= 4 is 23.2 Å². The van der Waals surface area contributed by atoms with Gasteiger partial charge in [-0.3, -0.25) is 4.79 Å². The van der Waals surface area contributed by atoms with Crippen molar-refractivity contribution in [2.45, 2.75) is 68.9 Å². The lowest BCUT2D eigenvalue weighted by Crippen LogP contribution is -2.33. The van der Waals surface area contributed by atoms with Crippen LogP contribution in [0.3, 0.4) is 0 Å². The molecule has 2 aromatic carbocycles. The Morgan fingerprint density at radius 3 is 1.75 bits per heavy atom. The number of aryl methyl sites for hydroxylation is 1. The number of anilines is 3. The van der Waals surface area contributed by atoms with Crippen molar-refractivity contribution in [3.8, 4) is 0 Å². The molecule has 4 aromatic rings. The van der Waals surface area contributed by atoms with E-state index in [-0.39, 0.29) is 24.1 Å². The number of carbonyl (C=O) groups excluding carboxylic acids is 1. The van der Waals surface area contributed by atoms with Gasteiger partial charge >= 0.3 is 6.18 Å². The Kier molecular flexibility index (Phi) is 9.05. The van der Waals surface area contributed by atoms with Crippen LogP contribution in [0.1, 0.15) is 64.8 Å². The number of halogens is 3. The van der Waals surface area contributed by atoms with Crippen molar-refractivity contribution in [1.82, 2.24) is 30.6 Å². The first-order valence-corrected chi connectivity index (χ1v) is 16.0. The van der Waals surface area contributed by atoms with Crippen LogP contribution in [0, 0.1) is 0 Å². The largest absolute Gasteiger partial charge is 0.419 e. The fraction of sp³-hybridized carbons (Fsp3) is 0.382. The quantitative estimate of drug-likeness (QED) is 0.211. The number of benzene rings is 2. The van der Waals surface area contributed by atoms with Crippen molar-refractivity contribution < 1.29 is 27.4 Å². The molecule has 4 saturated heterocycles. The third-order valence-corrected chi connectivity index (χ3v) is 8.91. The topological polar surface area (TPSA) is 135 Å². The number of amides is 1. The number of nitrogens with zero attached hydrogens (tertiary/aromatic N) is 4. The number of carbonyl (C=O) groups is 1. The molecule has 0 spiro atoms. The van der Waals surface area contributed by atoms with Gasteiger partial charge in [0, 0.05) is 67.8 Å². The van der Waals surface area contributed by atoms with Crippen LogP contribution in [0.5, 0.6) is 0 Å². The zero-order valence-corrected chi connectivity index (χ0v) is 26.1. The molecule has 8 rings (SSSR count). The van der Waals surface area contributed by atoms with Gasteiger partial charge in [-0.25, -0.2) is 19.9 Å². The number of hydrogen-bond acceptors (Lipinski definition) is 10. The van der Waals surface area contributed by atoms with Crippen LogP contribution < -0.4 is 21.3 Å². The summed E-state index contributed by atoms with van der Waals surface area (Å²) in [5.74, 6) is 0.646. The molecule has 11 nitrogen and oxygen atoms in total. The Bertz CT molecular complexity index is 1710. The number of nitrogens with one attached hydrogen (secondary N) is 4. The maximum atomic E-state index is 12.5. The van der Waals surface area contributed by atoms with E-state index in [0.717, 1.165) is 67.4 Å². The highest BCUT2D eigenvalue weighted by molar-refractivity contribution is 6.03. The first-order valence-electron chi connectivity index (χ1n) is 16.0. The van der Waals surface area contributed by atoms with Crippen LogP contribution in [-0.4, -0.2) is 63.2 Å². The van der Waals surface area contributed by atoms with Gasteiger partial charge in [0.15, 0.2) is 0 Å². The fourth-order valence-electron chi connectivity index (χ4n) is 6.40. The fourth-order valence-corrected chi connectivity index (χ4v) is 6.40. The lowest BCUT2D eigenvalue weighted by molar-refractivity contribution is -0.138. The van der Waals surface area contributed by atoms with E-state index in [1.165, 1.54) is 0 Å². The number of alkyl halides is 3. The molecule has 2 aromatic heterocycles. The molecule has 0 radical (unpaired) electrons. The number of ether oxygens (including phenoxy) is 2. The van der Waals surface area contributed by atoms with Gasteiger partial charge in [0.2, 0.25) is 5.95 Å². The Balaban J connectivity index is 0.000000152. The number of rotatable bonds is 7. The van der Waals surface area contributed by atoms with Crippen molar-refractivity contribution in [2.75, 3.05) is 23.7 Å². The monoisotopic (exact) mass is 660 g/mol. The van der Waals surface area contributed by atoms with Crippen LogP contribution in [0.25, 0.3) is 0 Å². The predicted molar refractivity (Wildman–Crippen MR) is 171 cm³/mol. The maximum Gasteiger partial charge on any atom is 0.419 e. The standard InChI is InChI=1S/C18H20N4O2.C16H15F3N4O/c1-2-16-20-8-12(9-21-16)18(23)22-13-5-3-11(4-6-13)17-15-7-14(24-17)10-19-15;17-16(18,19)10-6-21-15(22-7-10)23-11-3-1-9(2-4-11)14-13-5-12(24-14)8-20-13/h3-6,8-9,14-15,17,19H,2,7,10H2,1H3,(H,22,23);1-4,6-7,12-14,20H,5,8H2,(H,21,22,23)/t14-,15-,17+;12-,13-,14+/m01/s1. The van der Waals surface area contributed by atoms with Crippen molar-refractivity contribution in [3.05, 3.63) is 101 Å². The Labute approximate surface area is 275 Å². The number of fused-ring (bicyclic) bond motifs is 4. The molecule has 6 atom stereocenters. The van der Waals surface area contributed by atoms with Crippen molar-refractivity contribution in [1.29, 1.82) is 0 Å². The van der Waals surface area contributed by atoms with Gasteiger partial charge in [-0.2, -0.15) is 13.2 Å². The summed E-state index contributed by atoms with van der Waals surface area (Å²) in [5, 5.41) is 12.7. The van der Waals surface area contributed by atoms with Crippen LogP contribution in [0.2, 0.25) is 0 Å². The molecule has 14 heteroatoms. The highest BCUT2D eigenvalue weighted by Crippen LogP contribution is 2.38. The summed E-state index contributed by atoms with van der Waals surface area (Å²) in [6.45, 7) is 3.84. The van der Waals surface area contributed by atoms with Gasteiger partial charge in [0.1, 0.15) is 5.82 Å². The molecule has 4 aliphatic heterocycles. The predicted octanol–water partition coefficient (Wildman–Crippen LogP) is 5.13. The molecule has 4 N–H and O–H groups in total. The van der Waals surface area contributed by atoms with Crippen LogP contribution >= 0.6 is 0 Å². The molecule has 6 heterocycles. The second-order valence-electron chi connectivity index (χ2n) is 12.2. The van der Waals surface area contributed by atoms with E-state index < -0.39 is 11.7 Å². The summed E-state index contributed by atoms with van der Waals surface area (Å²) in [6.07, 6.45) is 3.87. The van der Waals surface area contributed by atoms with Gasteiger partial charge in [-0.15, -0.1) is 0 Å². The van der Waals surface area contributed by atoms with E-state index in [4.69, 9.17) is 9.47 Å². The minimum absolute atomic E-state index is 0.0557. The van der Waals surface area contributed by atoms with Gasteiger partial charge in [-0.05, 0) is 48.2 Å². The van der Waals surface area contributed by atoms with Gasteiger partial charge < -0.3 is 30.7 Å². The van der Waals surface area contributed by atoms with E-state index in [1.54, 1.807) is 12.4 Å². The van der Waals surface area contributed by atoms with E-state index in [0.29, 0.717) is 35.5 Å². The zero-order chi connectivity index (χ0) is 33.3. The summed E-state index contributed by atoms with van der Waals surface area (Å²) in [7, 11) is 0. The Morgan fingerprint density at radius 1 is 0.792 bits per heavy atom. The summed E-state index contributed by atoms with van der Waals surface area (Å²) in [5.41, 5.74) is 3.26. The molecule has 1 amide bonds. The summed E-state index contributed by atoms with van der Waals surface area (Å²) >= 11 is 0. The minimum Gasteiger partial charge on any atom is -0.367 e. The van der Waals surface area contributed by atoms with Crippen LogP contribution in [0.4, 0.5) is 30.5 Å². The number of morpholine rings is 2. The highest BCUT2D eigenvalue weighted by Gasteiger charge is 2.42. The molecule has 0 aliphatic carbocycles. The van der Waals surface area contributed by atoms with Gasteiger partial charge in [0.05, 0.1) is 35.5 Å². The third-order valence-electron chi connectivity index (χ3n) is 8.91. The van der Waals surface area contributed by atoms with Crippen LogP contribution in [0.15, 0.2) is 73.3 Å². The summed E-state index contributed by atoms with van der Waals surface area (Å²) in [6, 6.07) is 16.2. The van der Waals surface area contributed by atoms with E-state index >= 15 is 0 Å². The lowest BCUT2D eigenvalue weighted by atomic mass is 10.0. The highest BCUT2D eigenvalue weighted by atomic mass is 19.4. The van der Waals surface area contributed by atoms with Crippen LogP contribution in [-0.2, 0) is 22.1 Å². The Hall–Kier alpha value is -4.50. The third kappa shape index (κ3) is 7.16. The molecular weight excluding hydrogens is 625 g/mol. The molecule has 4 aliphatic rings. The molecule has 0 saturated carbocycles. The van der Waals surface area contributed by atoms with E-state index in [1.807, 2.05) is 55.5 Å². The molecular formula is C34H35F3N8O3. The average Bonchev–Trinajstić information content (AvgIpc) is 3.93. The normalized spacial score (nSPS) is 25.4. The Morgan fingerprint density at radius 2 is 1.31 bits per heavy atom. The van der Waals surface area contributed by atoms with Crippen molar-refractivity contribution in [3.63, 3.8) is 0 Å². The van der Waals surface area contributed by atoms with Gasteiger partial charge in [0.25, 0.3) is 5.91 Å². The minimum atomic E-state index is -4.44. The maximum absolute atomic E-state index is 12.5. The lowest BCUT2D eigenvalue weighted by Gasteiger charge is -2.23. The first-order chi connectivity index (χ1) is 23.2. The van der Waals surface area contributed by atoms with Gasteiger partial charge in [-0.1, -0.05) is 31.2 Å². The second kappa shape index (κ2) is 13.5. The van der Waals surface area contributed by atoms with Crippen molar-refractivity contribution in [2.24, 2.45) is 0 Å². The second-order valence-corrected chi connectivity index (χ2v) is 12.2. The molecule has 4 bridgehead atoms.